The molecule has 0 bridgehead atoms. The maximum atomic E-state index is 13.2. The Bertz CT molecular complexity index is 543. The van der Waals surface area contributed by atoms with E-state index in [1.54, 1.807) is 12.1 Å². The van der Waals surface area contributed by atoms with E-state index in [-0.39, 0.29) is 6.42 Å². The highest BCUT2D eigenvalue weighted by atomic mass is 32.2. The van der Waals surface area contributed by atoms with Crippen molar-refractivity contribution < 1.29 is 12.8 Å². The Morgan fingerprint density at radius 2 is 2.00 bits per heavy atom. The summed E-state index contributed by atoms with van der Waals surface area (Å²) in [4.78, 5) is 0. The molecule has 0 N–H and O–H groups in total. The van der Waals surface area contributed by atoms with Crippen LogP contribution >= 0.6 is 0 Å². The number of halogens is 1. The molecule has 0 aromatic carbocycles. The Kier molecular flexibility index (Phi) is 2.50. The molecule has 5 heteroatoms. The fraction of sp³-hybridized carbons (Fsp3) is 0.273. The molecule has 86 valence electrons. The second-order valence-electron chi connectivity index (χ2n) is 3.97. The number of aromatic nitrogens is 1. The average Bonchev–Trinajstić information content (AvgIpc) is 2.69. The zero-order valence-corrected chi connectivity index (χ0v) is 9.61. The molecule has 1 aromatic rings. The Balaban J connectivity index is 2.50. The molecule has 0 aliphatic heterocycles. The summed E-state index contributed by atoms with van der Waals surface area (Å²) in [6, 6.07) is 3.25. The van der Waals surface area contributed by atoms with Crippen LogP contribution < -0.4 is 0 Å². The lowest BCUT2D eigenvalue weighted by atomic mass is 10.0. The number of rotatable bonds is 2. The van der Waals surface area contributed by atoms with E-state index >= 15 is 0 Å². The Hall–Kier alpha value is -1.36. The molecular formula is C11H12FNO2S. The number of nitrogens with zero attached hydrogens (tertiary/aromatic N) is 1. The first-order chi connectivity index (χ1) is 7.46. The van der Waals surface area contributed by atoms with Crippen LogP contribution in [-0.4, -0.2) is 17.1 Å². The van der Waals surface area contributed by atoms with Crippen molar-refractivity contribution in [3.8, 4) is 0 Å². The van der Waals surface area contributed by atoms with E-state index in [9.17, 15) is 12.8 Å². The molecule has 0 fully saturated rings. The van der Waals surface area contributed by atoms with Crippen LogP contribution in [0.5, 0.6) is 0 Å². The van der Waals surface area contributed by atoms with Crippen LogP contribution in [0, 0.1) is 0 Å². The van der Waals surface area contributed by atoms with Crippen LogP contribution in [0.2, 0.25) is 0 Å². The van der Waals surface area contributed by atoms with Crippen molar-refractivity contribution in [2.24, 2.45) is 0 Å². The van der Waals surface area contributed by atoms with Gasteiger partial charge in [0.1, 0.15) is 10.6 Å². The molecule has 1 aliphatic rings. The molecule has 0 saturated heterocycles. The third kappa shape index (κ3) is 1.61. The van der Waals surface area contributed by atoms with Gasteiger partial charge in [0.2, 0.25) is 10.0 Å². The van der Waals surface area contributed by atoms with Gasteiger partial charge in [-0.05, 0) is 37.6 Å². The van der Waals surface area contributed by atoms with Crippen LogP contribution in [0.3, 0.4) is 0 Å². The van der Waals surface area contributed by atoms with Crippen molar-refractivity contribution >= 4 is 10.0 Å². The highest BCUT2D eigenvalue weighted by Gasteiger charge is 2.39. The minimum absolute atomic E-state index is 0.279. The zero-order chi connectivity index (χ0) is 11.8. The first-order valence-corrected chi connectivity index (χ1v) is 6.33. The van der Waals surface area contributed by atoms with E-state index in [4.69, 9.17) is 0 Å². The molecule has 1 unspecified atom stereocenters. The zero-order valence-electron chi connectivity index (χ0n) is 8.80. The van der Waals surface area contributed by atoms with Crippen molar-refractivity contribution in [3.63, 3.8) is 0 Å². The second kappa shape index (κ2) is 3.59. The topological polar surface area (TPSA) is 39.1 Å². The van der Waals surface area contributed by atoms with Gasteiger partial charge in [-0.25, -0.2) is 12.8 Å². The van der Waals surface area contributed by atoms with Gasteiger partial charge in [-0.1, -0.05) is 6.08 Å². The van der Waals surface area contributed by atoms with Crippen molar-refractivity contribution in [2.45, 2.75) is 18.1 Å². The van der Waals surface area contributed by atoms with Gasteiger partial charge in [-0.2, -0.15) is 0 Å². The van der Waals surface area contributed by atoms with Gasteiger partial charge in [0.15, 0.2) is 0 Å². The number of hydrogen-bond acceptors (Lipinski definition) is 2. The summed E-state index contributed by atoms with van der Waals surface area (Å²) in [7, 11) is -3.60. The van der Waals surface area contributed by atoms with Gasteiger partial charge in [0.25, 0.3) is 0 Å². The summed E-state index contributed by atoms with van der Waals surface area (Å²) in [6.45, 7) is 1.52. The molecule has 0 amide bonds. The van der Waals surface area contributed by atoms with Crippen LogP contribution in [0.25, 0.3) is 0 Å². The van der Waals surface area contributed by atoms with Gasteiger partial charge >= 0.3 is 0 Å². The van der Waals surface area contributed by atoms with Gasteiger partial charge in [0.05, 0.1) is 0 Å². The summed E-state index contributed by atoms with van der Waals surface area (Å²) >= 11 is 0. The van der Waals surface area contributed by atoms with E-state index in [0.29, 0.717) is 0 Å². The molecule has 1 aliphatic carbocycles. The Morgan fingerprint density at radius 1 is 1.38 bits per heavy atom. The fourth-order valence-electron chi connectivity index (χ4n) is 1.70. The van der Waals surface area contributed by atoms with Gasteiger partial charge < -0.3 is 0 Å². The van der Waals surface area contributed by atoms with E-state index in [1.165, 1.54) is 31.5 Å². The SMILES string of the molecule is CC1(S(=O)(=O)n2cccc2)C=C(F)C=CC1. The summed E-state index contributed by atoms with van der Waals surface area (Å²) < 4.78 is 37.5. The van der Waals surface area contributed by atoms with E-state index in [1.807, 2.05) is 0 Å². The second-order valence-corrected chi connectivity index (χ2v) is 6.27. The van der Waals surface area contributed by atoms with Crippen LogP contribution in [0.15, 0.2) is 48.6 Å². The standard InChI is InChI=1S/C11H12FNO2S/c1-11(6-4-5-10(12)9-11)16(14,15)13-7-2-3-8-13/h2-5,7-9H,6H2,1H3. The smallest absolute Gasteiger partial charge is 0.247 e. The molecule has 2 rings (SSSR count). The number of hydrogen-bond donors (Lipinski definition) is 0. The molecule has 0 saturated carbocycles. The highest BCUT2D eigenvalue weighted by Crippen LogP contribution is 2.31. The van der Waals surface area contributed by atoms with Gasteiger partial charge in [-0.3, -0.25) is 3.97 Å². The predicted octanol–water partition coefficient (Wildman–Crippen LogP) is 2.24. The first kappa shape index (κ1) is 11.1. The lowest BCUT2D eigenvalue weighted by Gasteiger charge is -2.27. The molecule has 3 nitrogen and oxygen atoms in total. The molecule has 1 heterocycles. The lowest BCUT2D eigenvalue weighted by molar-refractivity contribution is 0.544. The number of allylic oxidation sites excluding steroid dienone is 3. The molecule has 1 atom stereocenters. The molecule has 1 aromatic heterocycles. The summed E-state index contributed by atoms with van der Waals surface area (Å²) in [5, 5.41) is 0. The lowest BCUT2D eigenvalue weighted by Crippen LogP contribution is -2.37. The van der Waals surface area contributed by atoms with Gasteiger partial charge in [-0.15, -0.1) is 0 Å². The Morgan fingerprint density at radius 3 is 2.56 bits per heavy atom. The van der Waals surface area contributed by atoms with Crippen molar-refractivity contribution in [1.82, 2.24) is 3.97 Å². The van der Waals surface area contributed by atoms with E-state index in [2.05, 4.69) is 0 Å². The first-order valence-electron chi connectivity index (χ1n) is 4.89. The normalized spacial score (nSPS) is 25.5. The third-order valence-electron chi connectivity index (χ3n) is 2.69. The van der Waals surface area contributed by atoms with Crippen LogP contribution in [0.4, 0.5) is 4.39 Å². The van der Waals surface area contributed by atoms with Gasteiger partial charge in [0, 0.05) is 12.4 Å². The van der Waals surface area contributed by atoms with Crippen LogP contribution in [-0.2, 0) is 10.0 Å². The maximum absolute atomic E-state index is 13.2. The van der Waals surface area contributed by atoms with Crippen molar-refractivity contribution in [3.05, 3.63) is 48.6 Å². The molecule has 0 spiro atoms. The molecule has 0 radical (unpaired) electrons. The van der Waals surface area contributed by atoms with Crippen molar-refractivity contribution in [1.29, 1.82) is 0 Å². The molecule has 16 heavy (non-hydrogen) atoms. The fourth-order valence-corrected chi connectivity index (χ4v) is 3.21. The molecular weight excluding hydrogens is 229 g/mol. The predicted molar refractivity (Wildman–Crippen MR) is 60.1 cm³/mol. The van der Waals surface area contributed by atoms with E-state index < -0.39 is 20.6 Å². The largest absolute Gasteiger partial charge is 0.252 e. The minimum Gasteiger partial charge on any atom is -0.252 e. The van der Waals surface area contributed by atoms with Crippen molar-refractivity contribution in [2.75, 3.05) is 0 Å². The summed E-state index contributed by atoms with van der Waals surface area (Å²) in [5.41, 5.74) is 0. The van der Waals surface area contributed by atoms with Crippen LogP contribution in [0.1, 0.15) is 13.3 Å². The third-order valence-corrected chi connectivity index (χ3v) is 4.95. The quantitative estimate of drug-likeness (QED) is 0.796. The van der Waals surface area contributed by atoms with E-state index in [0.717, 1.165) is 10.0 Å². The highest BCUT2D eigenvalue weighted by molar-refractivity contribution is 7.91. The maximum Gasteiger partial charge on any atom is 0.247 e. The average molecular weight is 241 g/mol. The summed E-state index contributed by atoms with van der Waals surface area (Å²) in [5.74, 6) is -0.510. The Labute approximate surface area is 93.9 Å². The summed E-state index contributed by atoms with van der Waals surface area (Å²) in [6.07, 6.45) is 7.15. The minimum atomic E-state index is -3.60. The monoisotopic (exact) mass is 241 g/mol.